The number of para-hydroxylation sites is 2. The van der Waals surface area contributed by atoms with Gasteiger partial charge in [0, 0.05) is 29.8 Å². The van der Waals surface area contributed by atoms with Crippen LogP contribution in [0.5, 0.6) is 0 Å². The zero-order valence-corrected chi connectivity index (χ0v) is 16.8. The first-order valence-corrected chi connectivity index (χ1v) is 10.1. The lowest BCUT2D eigenvalue weighted by molar-refractivity contribution is -0.0586. The number of amides is 1. The Kier molecular flexibility index (Phi) is 4.94. The van der Waals surface area contributed by atoms with Crippen LogP contribution < -0.4 is 0 Å². The Bertz CT molecular complexity index is 1210. The lowest BCUT2D eigenvalue weighted by Crippen LogP contribution is -2.38. The summed E-state index contributed by atoms with van der Waals surface area (Å²) in [5.74, 6) is -0.0855. The molecule has 0 bridgehead atoms. The van der Waals surface area contributed by atoms with E-state index < -0.39 is 6.29 Å². The molecule has 2 aromatic carbocycles. The molecule has 1 aliphatic heterocycles. The van der Waals surface area contributed by atoms with E-state index >= 15 is 0 Å². The van der Waals surface area contributed by atoms with Gasteiger partial charge in [0.25, 0.3) is 5.91 Å². The first kappa shape index (κ1) is 18.8. The molecule has 6 nitrogen and oxygen atoms in total. The SMILES string of the molecule is Cn1c(CN(CC2OCCO2)C(=O)c2cnc3ccccc3c2)cc2ccccc21. The molecule has 152 valence electrons. The minimum absolute atomic E-state index is 0.0855. The Morgan fingerprint density at radius 3 is 2.60 bits per heavy atom. The zero-order chi connectivity index (χ0) is 20.5. The van der Waals surface area contributed by atoms with Gasteiger partial charge in [-0.2, -0.15) is 0 Å². The average molecular weight is 401 g/mol. The van der Waals surface area contributed by atoms with E-state index in [-0.39, 0.29) is 5.91 Å². The van der Waals surface area contributed by atoms with Crippen molar-refractivity contribution >= 4 is 27.7 Å². The third-order valence-electron chi connectivity index (χ3n) is 5.59. The highest BCUT2D eigenvalue weighted by Crippen LogP contribution is 2.22. The van der Waals surface area contributed by atoms with E-state index in [9.17, 15) is 4.79 Å². The predicted molar refractivity (Wildman–Crippen MR) is 115 cm³/mol. The molecule has 0 aliphatic carbocycles. The molecular weight excluding hydrogens is 378 g/mol. The van der Waals surface area contributed by atoms with E-state index in [1.807, 2.05) is 49.5 Å². The summed E-state index contributed by atoms with van der Waals surface area (Å²) in [7, 11) is 2.03. The fourth-order valence-electron chi connectivity index (χ4n) is 3.98. The number of aryl methyl sites for hydroxylation is 1. The van der Waals surface area contributed by atoms with Crippen LogP contribution in [0.3, 0.4) is 0 Å². The van der Waals surface area contributed by atoms with E-state index in [0.29, 0.717) is 31.9 Å². The van der Waals surface area contributed by atoms with E-state index in [2.05, 4.69) is 27.8 Å². The van der Waals surface area contributed by atoms with Crippen molar-refractivity contribution in [2.45, 2.75) is 12.8 Å². The minimum Gasteiger partial charge on any atom is -0.348 e. The van der Waals surface area contributed by atoms with E-state index in [1.54, 1.807) is 11.1 Å². The van der Waals surface area contributed by atoms with E-state index in [1.165, 1.54) is 0 Å². The number of hydrogen-bond donors (Lipinski definition) is 0. The van der Waals surface area contributed by atoms with Gasteiger partial charge in [0.05, 0.1) is 37.4 Å². The molecule has 0 N–H and O–H groups in total. The maximum absolute atomic E-state index is 13.5. The molecule has 0 unspecified atom stereocenters. The Labute approximate surface area is 174 Å². The van der Waals surface area contributed by atoms with Gasteiger partial charge in [0.15, 0.2) is 6.29 Å². The van der Waals surface area contributed by atoms with Crippen LogP contribution in [0, 0.1) is 0 Å². The number of benzene rings is 2. The van der Waals surface area contributed by atoms with Gasteiger partial charge in [-0.25, -0.2) is 0 Å². The molecule has 2 aromatic heterocycles. The van der Waals surface area contributed by atoms with Gasteiger partial charge in [-0.15, -0.1) is 0 Å². The smallest absolute Gasteiger partial charge is 0.255 e. The Morgan fingerprint density at radius 1 is 1.07 bits per heavy atom. The van der Waals surface area contributed by atoms with Gasteiger partial charge in [0.2, 0.25) is 0 Å². The topological polar surface area (TPSA) is 56.6 Å². The number of hydrogen-bond acceptors (Lipinski definition) is 4. The fraction of sp³-hybridized carbons (Fsp3) is 0.250. The van der Waals surface area contributed by atoms with Crippen LogP contribution in [-0.4, -0.2) is 46.4 Å². The highest BCUT2D eigenvalue weighted by atomic mass is 16.7. The van der Waals surface area contributed by atoms with Crippen molar-refractivity contribution in [2.24, 2.45) is 7.05 Å². The zero-order valence-electron chi connectivity index (χ0n) is 16.8. The van der Waals surface area contributed by atoms with Gasteiger partial charge in [-0.3, -0.25) is 9.78 Å². The molecule has 3 heterocycles. The standard InChI is InChI=1S/C24H23N3O3/c1-26-20(13-18-7-3-5-9-22(18)26)15-27(16-23-29-10-11-30-23)24(28)19-12-17-6-2-4-8-21(17)25-14-19/h2-9,12-14,23H,10-11,15-16H2,1H3. The van der Waals surface area contributed by atoms with Crippen LogP contribution in [0.4, 0.5) is 0 Å². The van der Waals surface area contributed by atoms with Gasteiger partial charge in [-0.1, -0.05) is 36.4 Å². The highest BCUT2D eigenvalue weighted by Gasteiger charge is 2.25. The number of nitrogens with zero attached hydrogens (tertiary/aromatic N) is 3. The largest absolute Gasteiger partial charge is 0.348 e. The predicted octanol–water partition coefficient (Wildman–Crippen LogP) is 3.74. The number of rotatable bonds is 5. The van der Waals surface area contributed by atoms with Crippen molar-refractivity contribution in [3.63, 3.8) is 0 Å². The second-order valence-electron chi connectivity index (χ2n) is 7.53. The molecule has 1 saturated heterocycles. The average Bonchev–Trinajstić information content (AvgIpc) is 3.41. The molecule has 5 rings (SSSR count). The molecule has 0 saturated carbocycles. The molecular formula is C24H23N3O3. The molecule has 1 amide bonds. The molecule has 1 fully saturated rings. The Morgan fingerprint density at radius 2 is 1.80 bits per heavy atom. The number of fused-ring (bicyclic) bond motifs is 2. The van der Waals surface area contributed by atoms with Gasteiger partial charge in [0.1, 0.15) is 0 Å². The van der Waals surface area contributed by atoms with Crippen molar-refractivity contribution in [1.29, 1.82) is 0 Å². The highest BCUT2D eigenvalue weighted by molar-refractivity contribution is 5.97. The molecule has 0 radical (unpaired) electrons. The third kappa shape index (κ3) is 3.56. The second kappa shape index (κ2) is 7.89. The Hall–Kier alpha value is -3.22. The van der Waals surface area contributed by atoms with Crippen LogP contribution in [0.2, 0.25) is 0 Å². The van der Waals surface area contributed by atoms with Crippen LogP contribution in [0.15, 0.2) is 66.9 Å². The number of ether oxygens (including phenoxy) is 2. The van der Waals surface area contributed by atoms with Crippen molar-refractivity contribution in [1.82, 2.24) is 14.5 Å². The van der Waals surface area contributed by atoms with Crippen molar-refractivity contribution in [2.75, 3.05) is 19.8 Å². The first-order valence-electron chi connectivity index (χ1n) is 10.1. The summed E-state index contributed by atoms with van der Waals surface area (Å²) in [5, 5.41) is 2.10. The van der Waals surface area contributed by atoms with Gasteiger partial charge < -0.3 is 18.9 Å². The van der Waals surface area contributed by atoms with Gasteiger partial charge in [-0.05, 0) is 29.7 Å². The maximum atomic E-state index is 13.5. The normalized spacial score (nSPS) is 14.6. The van der Waals surface area contributed by atoms with E-state index in [0.717, 1.165) is 27.5 Å². The summed E-state index contributed by atoms with van der Waals surface area (Å²) >= 11 is 0. The van der Waals surface area contributed by atoms with Crippen molar-refractivity contribution in [3.8, 4) is 0 Å². The monoisotopic (exact) mass is 401 g/mol. The maximum Gasteiger partial charge on any atom is 0.255 e. The van der Waals surface area contributed by atoms with Crippen molar-refractivity contribution < 1.29 is 14.3 Å². The molecule has 0 spiro atoms. The Balaban J connectivity index is 1.48. The quantitative estimate of drug-likeness (QED) is 0.511. The molecule has 1 aliphatic rings. The number of aromatic nitrogens is 2. The van der Waals surface area contributed by atoms with Crippen LogP contribution in [0.1, 0.15) is 16.1 Å². The number of carbonyl (C=O) groups is 1. The van der Waals surface area contributed by atoms with E-state index in [4.69, 9.17) is 9.47 Å². The summed E-state index contributed by atoms with van der Waals surface area (Å²) < 4.78 is 13.4. The fourth-order valence-corrected chi connectivity index (χ4v) is 3.98. The lowest BCUT2D eigenvalue weighted by Gasteiger charge is -2.25. The van der Waals surface area contributed by atoms with Crippen LogP contribution >= 0.6 is 0 Å². The van der Waals surface area contributed by atoms with Crippen LogP contribution in [0.25, 0.3) is 21.8 Å². The second-order valence-corrected chi connectivity index (χ2v) is 7.53. The third-order valence-corrected chi connectivity index (χ3v) is 5.59. The summed E-state index contributed by atoms with van der Waals surface area (Å²) in [4.78, 5) is 19.7. The van der Waals surface area contributed by atoms with Crippen molar-refractivity contribution in [3.05, 3.63) is 78.1 Å². The lowest BCUT2D eigenvalue weighted by atomic mass is 10.1. The molecule has 4 aromatic rings. The molecule has 6 heteroatoms. The summed E-state index contributed by atoms with van der Waals surface area (Å²) in [5.41, 5.74) is 3.62. The summed E-state index contributed by atoms with van der Waals surface area (Å²) in [6.45, 7) is 1.93. The number of carbonyl (C=O) groups excluding carboxylic acids is 1. The first-order chi connectivity index (χ1) is 14.7. The number of pyridine rings is 1. The molecule has 30 heavy (non-hydrogen) atoms. The van der Waals surface area contributed by atoms with Crippen LogP contribution in [-0.2, 0) is 23.1 Å². The minimum atomic E-state index is -0.406. The molecule has 0 atom stereocenters. The van der Waals surface area contributed by atoms with Gasteiger partial charge >= 0.3 is 0 Å². The summed E-state index contributed by atoms with van der Waals surface area (Å²) in [6.07, 6.45) is 1.24. The summed E-state index contributed by atoms with van der Waals surface area (Å²) in [6, 6.07) is 20.0.